The second-order valence-electron chi connectivity index (χ2n) is 5.75. The lowest BCUT2D eigenvalue weighted by Crippen LogP contribution is -2.39. The van der Waals surface area contributed by atoms with Crippen molar-refractivity contribution in [3.8, 4) is 5.75 Å². The summed E-state index contributed by atoms with van der Waals surface area (Å²) in [7, 11) is 0. The number of piperidine rings is 1. The number of nitrogens with zero attached hydrogens (tertiary/aromatic N) is 1. The maximum absolute atomic E-state index is 12.0. The van der Waals surface area contributed by atoms with Crippen LogP contribution in [0.25, 0.3) is 0 Å². The third-order valence-electron chi connectivity index (χ3n) is 3.78. The smallest absolute Gasteiger partial charge is 0.226 e. The van der Waals surface area contributed by atoms with E-state index >= 15 is 0 Å². The Morgan fingerprint density at radius 2 is 2.00 bits per heavy atom. The van der Waals surface area contributed by atoms with Crippen LogP contribution < -0.4 is 4.74 Å². The van der Waals surface area contributed by atoms with E-state index in [2.05, 4.69) is 19.9 Å². The molecular weight excluding hydrogens is 266 g/mol. The lowest BCUT2D eigenvalue weighted by atomic mass is 10.0. The Bertz CT molecular complexity index is 501. The summed E-state index contributed by atoms with van der Waals surface area (Å²) in [5.41, 5.74) is 1.23. The molecule has 0 aromatic heterocycles. The van der Waals surface area contributed by atoms with Crippen LogP contribution in [0, 0.1) is 0 Å². The maximum atomic E-state index is 12.0. The predicted molar refractivity (Wildman–Crippen MR) is 81.5 cm³/mol. The van der Waals surface area contributed by atoms with E-state index in [0.29, 0.717) is 44.9 Å². The molecule has 0 aliphatic carbocycles. The molecule has 1 amide bonds. The molecule has 0 bridgehead atoms. The van der Waals surface area contributed by atoms with Crippen LogP contribution in [-0.4, -0.2) is 36.3 Å². The topological polar surface area (TPSA) is 46.6 Å². The van der Waals surface area contributed by atoms with E-state index in [4.69, 9.17) is 4.74 Å². The molecule has 0 atom stereocenters. The molecule has 1 saturated heterocycles. The summed E-state index contributed by atoms with van der Waals surface area (Å²) in [4.78, 5) is 24.9. The van der Waals surface area contributed by atoms with Crippen molar-refractivity contribution in [2.75, 3.05) is 19.7 Å². The average Bonchev–Trinajstić information content (AvgIpc) is 2.48. The SMILES string of the molecule is CC(C)c1cccc(OCCC(=O)N2CCC(=O)CC2)c1. The fraction of sp³-hybridized carbons (Fsp3) is 0.529. The summed E-state index contributed by atoms with van der Waals surface area (Å²) in [6, 6.07) is 7.99. The molecular formula is C17H23NO3. The van der Waals surface area contributed by atoms with Gasteiger partial charge in [-0.15, -0.1) is 0 Å². The summed E-state index contributed by atoms with van der Waals surface area (Å²) in [6.45, 7) is 5.77. The molecule has 1 fully saturated rings. The van der Waals surface area contributed by atoms with Crippen LogP contribution in [0.3, 0.4) is 0 Å². The Labute approximate surface area is 126 Å². The number of hydrogen-bond donors (Lipinski definition) is 0. The second-order valence-corrected chi connectivity index (χ2v) is 5.75. The molecule has 1 heterocycles. The largest absolute Gasteiger partial charge is 0.493 e. The fourth-order valence-electron chi connectivity index (χ4n) is 2.38. The molecule has 1 aliphatic rings. The number of likely N-dealkylation sites (tertiary alicyclic amines) is 1. The molecule has 1 aliphatic heterocycles. The average molecular weight is 289 g/mol. The van der Waals surface area contributed by atoms with Gasteiger partial charge in [0.15, 0.2) is 0 Å². The Kier molecular flexibility index (Phi) is 5.37. The van der Waals surface area contributed by atoms with Crippen molar-refractivity contribution in [3.63, 3.8) is 0 Å². The lowest BCUT2D eigenvalue weighted by molar-refractivity contribution is -0.134. The third-order valence-corrected chi connectivity index (χ3v) is 3.78. The van der Waals surface area contributed by atoms with Crippen molar-refractivity contribution in [1.82, 2.24) is 4.90 Å². The number of ether oxygens (including phenoxy) is 1. The van der Waals surface area contributed by atoms with Gasteiger partial charge in [-0.1, -0.05) is 26.0 Å². The van der Waals surface area contributed by atoms with Crippen LogP contribution in [-0.2, 0) is 9.59 Å². The van der Waals surface area contributed by atoms with Crippen LogP contribution in [0.4, 0.5) is 0 Å². The Hall–Kier alpha value is -1.84. The molecule has 0 unspecified atom stereocenters. The van der Waals surface area contributed by atoms with Crippen LogP contribution in [0.1, 0.15) is 44.6 Å². The summed E-state index contributed by atoms with van der Waals surface area (Å²) < 4.78 is 5.66. The van der Waals surface area contributed by atoms with Gasteiger partial charge in [0.2, 0.25) is 5.91 Å². The summed E-state index contributed by atoms with van der Waals surface area (Å²) >= 11 is 0. The minimum atomic E-state index is 0.0718. The van der Waals surface area contributed by atoms with Crippen molar-refractivity contribution in [2.45, 2.75) is 39.0 Å². The maximum Gasteiger partial charge on any atom is 0.226 e. The number of carbonyl (C=O) groups excluding carboxylic acids is 2. The van der Waals surface area contributed by atoms with Crippen molar-refractivity contribution >= 4 is 11.7 Å². The number of amides is 1. The molecule has 114 valence electrons. The van der Waals surface area contributed by atoms with Gasteiger partial charge in [-0.05, 0) is 23.6 Å². The Morgan fingerprint density at radius 3 is 2.67 bits per heavy atom. The summed E-state index contributed by atoms with van der Waals surface area (Å²) in [5.74, 6) is 1.59. The van der Waals surface area contributed by atoms with E-state index in [1.807, 2.05) is 18.2 Å². The number of rotatable bonds is 5. The number of carbonyl (C=O) groups is 2. The van der Waals surface area contributed by atoms with E-state index in [1.54, 1.807) is 4.90 Å². The van der Waals surface area contributed by atoms with E-state index in [9.17, 15) is 9.59 Å². The molecule has 21 heavy (non-hydrogen) atoms. The van der Waals surface area contributed by atoms with Crippen LogP contribution in [0.5, 0.6) is 5.75 Å². The van der Waals surface area contributed by atoms with E-state index in [0.717, 1.165) is 5.75 Å². The minimum absolute atomic E-state index is 0.0718. The number of benzene rings is 1. The first kappa shape index (κ1) is 15.5. The molecule has 0 spiro atoms. The molecule has 4 heteroatoms. The van der Waals surface area contributed by atoms with Crippen molar-refractivity contribution in [1.29, 1.82) is 0 Å². The van der Waals surface area contributed by atoms with Gasteiger partial charge in [-0.25, -0.2) is 0 Å². The zero-order valence-electron chi connectivity index (χ0n) is 12.8. The quantitative estimate of drug-likeness (QED) is 0.837. The highest BCUT2D eigenvalue weighted by Crippen LogP contribution is 2.20. The molecule has 1 aromatic rings. The van der Waals surface area contributed by atoms with Crippen LogP contribution in [0.15, 0.2) is 24.3 Å². The zero-order valence-corrected chi connectivity index (χ0v) is 12.8. The molecule has 1 aromatic carbocycles. The standard InChI is InChI=1S/C17H23NO3/c1-13(2)14-4-3-5-16(12-14)21-11-8-17(20)18-9-6-15(19)7-10-18/h3-5,12-13H,6-11H2,1-2H3. The van der Waals surface area contributed by atoms with Gasteiger partial charge in [0.25, 0.3) is 0 Å². The van der Waals surface area contributed by atoms with Crippen molar-refractivity contribution in [2.24, 2.45) is 0 Å². The van der Waals surface area contributed by atoms with Crippen molar-refractivity contribution < 1.29 is 14.3 Å². The minimum Gasteiger partial charge on any atom is -0.493 e. The van der Waals surface area contributed by atoms with Gasteiger partial charge in [0, 0.05) is 25.9 Å². The van der Waals surface area contributed by atoms with Gasteiger partial charge in [-0.2, -0.15) is 0 Å². The molecule has 0 N–H and O–H groups in total. The number of ketones is 1. The Balaban J connectivity index is 1.77. The third kappa shape index (κ3) is 4.59. The van der Waals surface area contributed by atoms with Gasteiger partial charge in [0.1, 0.15) is 11.5 Å². The van der Waals surface area contributed by atoms with E-state index < -0.39 is 0 Å². The van der Waals surface area contributed by atoms with E-state index in [-0.39, 0.29) is 11.7 Å². The molecule has 0 radical (unpaired) electrons. The van der Waals surface area contributed by atoms with Crippen molar-refractivity contribution in [3.05, 3.63) is 29.8 Å². The Morgan fingerprint density at radius 1 is 1.29 bits per heavy atom. The summed E-state index contributed by atoms with van der Waals surface area (Å²) in [5, 5.41) is 0. The molecule has 4 nitrogen and oxygen atoms in total. The second kappa shape index (κ2) is 7.25. The monoisotopic (exact) mass is 289 g/mol. The van der Waals surface area contributed by atoms with E-state index in [1.165, 1.54) is 5.56 Å². The lowest BCUT2D eigenvalue weighted by Gasteiger charge is -2.26. The first-order valence-corrected chi connectivity index (χ1v) is 7.58. The predicted octanol–water partition coefficient (Wildman–Crippen LogP) is 2.77. The fourth-order valence-corrected chi connectivity index (χ4v) is 2.38. The highest BCUT2D eigenvalue weighted by Gasteiger charge is 2.20. The zero-order chi connectivity index (χ0) is 15.2. The van der Waals surface area contributed by atoms with Crippen LogP contribution >= 0.6 is 0 Å². The highest BCUT2D eigenvalue weighted by molar-refractivity contribution is 5.83. The summed E-state index contributed by atoms with van der Waals surface area (Å²) in [6.07, 6.45) is 1.34. The van der Waals surface area contributed by atoms with Crippen LogP contribution in [0.2, 0.25) is 0 Å². The normalized spacial score (nSPS) is 15.4. The van der Waals surface area contributed by atoms with Gasteiger partial charge >= 0.3 is 0 Å². The molecule has 0 saturated carbocycles. The first-order chi connectivity index (χ1) is 10.1. The number of Topliss-reactive ketones (excluding diaryl/α,β-unsaturated/α-hetero) is 1. The van der Waals surface area contributed by atoms with Gasteiger partial charge in [0.05, 0.1) is 13.0 Å². The van der Waals surface area contributed by atoms with Gasteiger partial charge < -0.3 is 9.64 Å². The highest BCUT2D eigenvalue weighted by atomic mass is 16.5. The van der Waals surface area contributed by atoms with Gasteiger partial charge in [-0.3, -0.25) is 9.59 Å². The number of hydrogen-bond acceptors (Lipinski definition) is 3. The molecule has 2 rings (SSSR count). The first-order valence-electron chi connectivity index (χ1n) is 7.58.